The first-order chi connectivity index (χ1) is 15.2. The summed E-state index contributed by atoms with van der Waals surface area (Å²) in [6.45, 7) is 4.94. The minimum absolute atomic E-state index is 0.0922. The number of methoxy groups -OCH3 is 1. The molecule has 2 aromatic rings. The second-order valence-corrected chi connectivity index (χ2v) is 9.39. The molecule has 2 aliphatic carbocycles. The molecule has 1 heterocycles. The first kappa shape index (κ1) is 20.4. The zero-order chi connectivity index (χ0) is 21.2. The Kier molecular flexibility index (Phi) is 5.86. The van der Waals surface area contributed by atoms with Crippen molar-refractivity contribution in [3.05, 3.63) is 59.7 Å². The minimum atomic E-state index is 0.0922. The fraction of sp³-hybridized carbons (Fsp3) is 0.500. The maximum absolute atomic E-state index is 12.7. The Balaban J connectivity index is 1.12. The second kappa shape index (κ2) is 8.91. The number of nitrogens with zero attached hydrogens (tertiary/aromatic N) is 2. The van der Waals surface area contributed by atoms with Gasteiger partial charge >= 0.3 is 0 Å². The highest BCUT2D eigenvalue weighted by atomic mass is 16.5. The van der Waals surface area contributed by atoms with Gasteiger partial charge in [-0.05, 0) is 60.9 Å². The lowest BCUT2D eigenvalue weighted by Gasteiger charge is -2.36. The molecule has 0 aromatic heterocycles. The van der Waals surface area contributed by atoms with E-state index in [-0.39, 0.29) is 5.91 Å². The first-order valence-corrected chi connectivity index (χ1v) is 11.7. The predicted octanol–water partition coefficient (Wildman–Crippen LogP) is 3.94. The predicted molar refractivity (Wildman–Crippen MR) is 124 cm³/mol. The number of amides is 1. The number of nitrogens with one attached hydrogen (secondary N) is 1. The minimum Gasteiger partial charge on any atom is -0.495 e. The van der Waals surface area contributed by atoms with Crippen molar-refractivity contribution in [1.82, 2.24) is 10.2 Å². The summed E-state index contributed by atoms with van der Waals surface area (Å²) in [5.74, 6) is 2.59. The Morgan fingerprint density at radius 3 is 2.45 bits per heavy atom. The van der Waals surface area contributed by atoms with Gasteiger partial charge in [0.1, 0.15) is 5.75 Å². The number of hydrogen-bond donors (Lipinski definition) is 1. The fourth-order valence-electron chi connectivity index (χ4n) is 5.73. The van der Waals surface area contributed by atoms with Crippen molar-refractivity contribution in [2.24, 2.45) is 11.8 Å². The number of piperazine rings is 1. The Bertz CT molecular complexity index is 905. The third kappa shape index (κ3) is 4.42. The van der Waals surface area contributed by atoms with Gasteiger partial charge in [0.15, 0.2) is 0 Å². The summed E-state index contributed by atoms with van der Waals surface area (Å²) in [5, 5.41) is 3.29. The average molecular weight is 420 g/mol. The van der Waals surface area contributed by atoms with Crippen LogP contribution < -0.4 is 15.0 Å². The molecule has 2 bridgehead atoms. The Morgan fingerprint density at radius 2 is 1.77 bits per heavy atom. The molecule has 5 nitrogen and oxygen atoms in total. The third-order valence-electron chi connectivity index (χ3n) is 7.48. The normalized spacial score (nSPS) is 25.6. The van der Waals surface area contributed by atoms with Crippen LogP contribution in [-0.4, -0.2) is 50.1 Å². The van der Waals surface area contributed by atoms with Crippen molar-refractivity contribution in [1.29, 1.82) is 0 Å². The molecule has 3 aliphatic rings. The van der Waals surface area contributed by atoms with Crippen molar-refractivity contribution in [3.8, 4) is 5.75 Å². The maximum atomic E-state index is 12.7. The fourth-order valence-corrected chi connectivity index (χ4v) is 5.73. The van der Waals surface area contributed by atoms with E-state index in [9.17, 15) is 4.79 Å². The van der Waals surface area contributed by atoms with Crippen LogP contribution >= 0.6 is 0 Å². The number of benzene rings is 2. The van der Waals surface area contributed by atoms with E-state index >= 15 is 0 Å². The molecular weight excluding hydrogens is 386 g/mol. The molecule has 0 unspecified atom stereocenters. The summed E-state index contributed by atoms with van der Waals surface area (Å²) >= 11 is 0. The molecular formula is C26H33N3O2. The van der Waals surface area contributed by atoms with Crippen LogP contribution in [0.1, 0.15) is 41.6 Å². The third-order valence-corrected chi connectivity index (χ3v) is 7.48. The summed E-state index contributed by atoms with van der Waals surface area (Å²) in [6, 6.07) is 16.8. The van der Waals surface area contributed by atoms with Crippen molar-refractivity contribution in [3.63, 3.8) is 0 Å². The molecule has 2 aromatic carbocycles. The van der Waals surface area contributed by atoms with E-state index in [0.29, 0.717) is 12.0 Å². The van der Waals surface area contributed by atoms with Crippen LogP contribution in [0.25, 0.3) is 0 Å². The smallest absolute Gasteiger partial charge is 0.251 e. The molecule has 5 rings (SSSR count). The van der Waals surface area contributed by atoms with E-state index in [0.717, 1.165) is 50.0 Å². The maximum Gasteiger partial charge on any atom is 0.251 e. The van der Waals surface area contributed by atoms with Crippen LogP contribution in [-0.2, 0) is 6.54 Å². The quantitative estimate of drug-likeness (QED) is 0.770. The van der Waals surface area contributed by atoms with Gasteiger partial charge in [0, 0.05) is 44.3 Å². The van der Waals surface area contributed by atoms with E-state index in [1.807, 2.05) is 24.3 Å². The molecule has 2 saturated carbocycles. The van der Waals surface area contributed by atoms with Gasteiger partial charge in [-0.25, -0.2) is 0 Å². The molecule has 1 saturated heterocycles. The van der Waals surface area contributed by atoms with Gasteiger partial charge in [-0.1, -0.05) is 30.7 Å². The number of carbonyl (C=O) groups excluding carboxylic acids is 1. The molecule has 1 N–H and O–H groups in total. The number of para-hydroxylation sites is 2. The second-order valence-electron chi connectivity index (χ2n) is 9.39. The molecule has 3 fully saturated rings. The molecule has 0 radical (unpaired) electrons. The van der Waals surface area contributed by atoms with Gasteiger partial charge in [0.2, 0.25) is 0 Å². The molecule has 164 valence electrons. The van der Waals surface area contributed by atoms with Crippen molar-refractivity contribution >= 4 is 11.6 Å². The molecule has 1 amide bonds. The average Bonchev–Trinajstić information content (AvgIpc) is 3.43. The SMILES string of the molecule is COc1ccccc1N1CCN(Cc2ccc(C(=O)N[C@H]3C[C@H]4CC[C@H]3C4)cc2)CC1. The monoisotopic (exact) mass is 419 g/mol. The van der Waals surface area contributed by atoms with Crippen LogP contribution in [0, 0.1) is 11.8 Å². The summed E-state index contributed by atoms with van der Waals surface area (Å²) in [6.07, 6.45) is 5.14. The lowest BCUT2D eigenvalue weighted by molar-refractivity contribution is 0.0923. The zero-order valence-corrected chi connectivity index (χ0v) is 18.4. The summed E-state index contributed by atoms with van der Waals surface area (Å²) < 4.78 is 5.52. The van der Waals surface area contributed by atoms with Gasteiger partial charge in [-0.15, -0.1) is 0 Å². The number of ether oxygens (including phenoxy) is 1. The number of carbonyl (C=O) groups is 1. The number of fused-ring (bicyclic) bond motifs is 2. The Labute approximate surface area is 185 Å². The lowest BCUT2D eigenvalue weighted by atomic mass is 9.95. The highest BCUT2D eigenvalue weighted by Crippen LogP contribution is 2.44. The molecule has 3 atom stereocenters. The van der Waals surface area contributed by atoms with E-state index in [1.54, 1.807) is 7.11 Å². The highest BCUT2D eigenvalue weighted by molar-refractivity contribution is 5.94. The number of anilines is 1. The van der Waals surface area contributed by atoms with Crippen molar-refractivity contribution in [2.75, 3.05) is 38.2 Å². The van der Waals surface area contributed by atoms with Crippen LogP contribution in [0.4, 0.5) is 5.69 Å². The summed E-state index contributed by atoms with van der Waals surface area (Å²) in [4.78, 5) is 17.5. The Hall–Kier alpha value is -2.53. The van der Waals surface area contributed by atoms with Gasteiger partial charge in [0.25, 0.3) is 5.91 Å². The first-order valence-electron chi connectivity index (χ1n) is 11.7. The number of hydrogen-bond acceptors (Lipinski definition) is 4. The molecule has 5 heteroatoms. The van der Waals surface area contributed by atoms with E-state index < -0.39 is 0 Å². The highest BCUT2D eigenvalue weighted by Gasteiger charge is 2.40. The van der Waals surface area contributed by atoms with Crippen molar-refractivity contribution < 1.29 is 9.53 Å². The van der Waals surface area contributed by atoms with Gasteiger partial charge in [0.05, 0.1) is 12.8 Å². The van der Waals surface area contributed by atoms with Crippen LogP contribution in [0.5, 0.6) is 5.75 Å². The van der Waals surface area contributed by atoms with Gasteiger partial charge in [-0.3, -0.25) is 9.69 Å². The number of rotatable bonds is 6. The summed E-state index contributed by atoms with van der Waals surface area (Å²) in [7, 11) is 1.73. The van der Waals surface area contributed by atoms with Crippen LogP contribution in [0.2, 0.25) is 0 Å². The lowest BCUT2D eigenvalue weighted by Crippen LogP contribution is -2.46. The van der Waals surface area contributed by atoms with Crippen LogP contribution in [0.3, 0.4) is 0 Å². The zero-order valence-electron chi connectivity index (χ0n) is 18.4. The van der Waals surface area contributed by atoms with E-state index in [2.05, 4.69) is 39.4 Å². The van der Waals surface area contributed by atoms with E-state index in [4.69, 9.17) is 4.74 Å². The molecule has 31 heavy (non-hydrogen) atoms. The topological polar surface area (TPSA) is 44.8 Å². The van der Waals surface area contributed by atoms with Gasteiger partial charge < -0.3 is 15.0 Å². The Morgan fingerprint density at radius 1 is 1.00 bits per heavy atom. The molecule has 0 spiro atoms. The summed E-state index contributed by atoms with van der Waals surface area (Å²) in [5.41, 5.74) is 3.23. The van der Waals surface area contributed by atoms with Crippen molar-refractivity contribution in [2.45, 2.75) is 38.3 Å². The largest absolute Gasteiger partial charge is 0.495 e. The van der Waals surface area contributed by atoms with E-state index in [1.165, 1.54) is 36.9 Å². The van der Waals surface area contributed by atoms with Crippen LogP contribution in [0.15, 0.2) is 48.5 Å². The standard InChI is InChI=1S/C26H33N3O2/c1-31-25-5-3-2-4-24(25)29-14-12-28(13-15-29)18-19-6-9-21(10-7-19)26(30)27-23-17-20-8-11-22(23)16-20/h2-7,9-10,20,22-23H,8,11-18H2,1H3,(H,27,30)/t20-,22-,23-/m0/s1. The molecule has 1 aliphatic heterocycles. The van der Waals surface area contributed by atoms with Gasteiger partial charge in [-0.2, -0.15) is 0 Å².